The van der Waals surface area contributed by atoms with Crippen LogP contribution in [0.15, 0.2) is 29.2 Å². The van der Waals surface area contributed by atoms with Crippen LogP contribution in [-0.2, 0) is 4.57 Å². The van der Waals surface area contributed by atoms with E-state index in [1.54, 1.807) is 0 Å². The van der Waals surface area contributed by atoms with Gasteiger partial charge in [-0.15, -0.1) is 4.91 Å². The lowest BCUT2D eigenvalue weighted by Crippen LogP contribution is -2.16. The molecule has 1 N–H and O–H groups in total. The fourth-order valence-corrected chi connectivity index (χ4v) is 3.99. The molecule has 1 fully saturated rings. The highest BCUT2D eigenvalue weighted by molar-refractivity contribution is 7.56. The maximum atomic E-state index is 11.3. The largest absolute Gasteiger partial charge is 0.350 e. The molecule has 0 bridgehead atoms. The van der Waals surface area contributed by atoms with E-state index in [1.807, 2.05) is 0 Å². The molecule has 4 nitrogen and oxygen atoms in total. The van der Waals surface area contributed by atoms with Gasteiger partial charge in [0.15, 0.2) is 0 Å². The van der Waals surface area contributed by atoms with Gasteiger partial charge in [0.2, 0.25) is 0 Å². The molecule has 2 rings (SSSR count). The third-order valence-electron chi connectivity index (χ3n) is 4.02. The van der Waals surface area contributed by atoms with Gasteiger partial charge < -0.3 is 4.89 Å². The van der Waals surface area contributed by atoms with Crippen LogP contribution in [0.2, 0.25) is 0 Å². The maximum Gasteiger partial charge on any atom is 0.350 e. The van der Waals surface area contributed by atoms with E-state index >= 15 is 0 Å². The summed E-state index contributed by atoms with van der Waals surface area (Å²) in [7, 11) is -3.77. The van der Waals surface area contributed by atoms with Gasteiger partial charge in [-0.05, 0) is 50.0 Å². The Morgan fingerprint density at radius 1 is 1.21 bits per heavy atom. The zero-order valence-corrected chi connectivity index (χ0v) is 12.1. The van der Waals surface area contributed by atoms with Crippen molar-refractivity contribution in [1.82, 2.24) is 0 Å². The minimum atomic E-state index is -3.77. The average molecular weight is 281 g/mol. The van der Waals surface area contributed by atoms with Gasteiger partial charge in [0.05, 0.1) is 6.16 Å². The molecule has 1 aromatic rings. The van der Waals surface area contributed by atoms with E-state index in [0.717, 1.165) is 25.7 Å². The van der Waals surface area contributed by atoms with Crippen LogP contribution in [0, 0.1) is 17.7 Å². The molecule has 1 aromatic carbocycles. The minimum Gasteiger partial charge on any atom is -0.326 e. The summed E-state index contributed by atoms with van der Waals surface area (Å²) < 4.78 is 11.3. The van der Waals surface area contributed by atoms with E-state index < -0.39 is 7.52 Å². The topological polar surface area (TPSA) is 66.7 Å². The van der Waals surface area contributed by atoms with Crippen LogP contribution in [0.4, 0.5) is 0 Å². The third-order valence-corrected chi connectivity index (χ3v) is 5.27. The van der Waals surface area contributed by atoms with Crippen molar-refractivity contribution in [1.29, 1.82) is 0 Å². The summed E-state index contributed by atoms with van der Waals surface area (Å²) in [5, 5.41) is 0. The van der Waals surface area contributed by atoms with Gasteiger partial charge in [-0.25, -0.2) is 0 Å². The van der Waals surface area contributed by atoms with Crippen molar-refractivity contribution in [2.75, 3.05) is 6.16 Å². The van der Waals surface area contributed by atoms with Crippen molar-refractivity contribution in [3.63, 3.8) is 0 Å². The molecule has 1 aliphatic carbocycles. The fourth-order valence-electron chi connectivity index (χ4n) is 2.89. The second-order valence-corrected chi connectivity index (χ2v) is 7.42. The molecule has 104 valence electrons. The lowest BCUT2D eigenvalue weighted by Gasteiger charge is -2.28. The highest BCUT2D eigenvalue weighted by Gasteiger charge is 2.29. The smallest absolute Gasteiger partial charge is 0.326 e. The normalized spacial score (nSPS) is 26.6. The quantitative estimate of drug-likeness (QED) is 0.663. The summed E-state index contributed by atoms with van der Waals surface area (Å²) >= 11 is 0. The standard InChI is InChI=1S/C14H20NO3P/c1-11-2-6-13(7-3-11)14-8-4-12(5-9-14)10-19(17,18)15-16/h2-3,6-7,12,14H,4-5,8-10H2,1H3,(H,17,18). The highest BCUT2D eigenvalue weighted by Crippen LogP contribution is 2.47. The van der Waals surface area contributed by atoms with Crippen LogP contribution in [-0.4, -0.2) is 11.1 Å². The second kappa shape index (κ2) is 5.98. The molecule has 0 spiro atoms. The van der Waals surface area contributed by atoms with Crippen molar-refractivity contribution < 1.29 is 9.46 Å². The summed E-state index contributed by atoms with van der Waals surface area (Å²) in [6.45, 7) is 2.08. The molecule has 1 aliphatic rings. The lowest BCUT2D eigenvalue weighted by atomic mass is 9.79. The number of aryl methyl sites for hydroxylation is 1. The van der Waals surface area contributed by atoms with E-state index in [4.69, 9.17) is 0 Å². The average Bonchev–Trinajstić information content (AvgIpc) is 2.40. The van der Waals surface area contributed by atoms with E-state index in [-0.39, 0.29) is 12.1 Å². The molecule has 0 heterocycles. The molecule has 1 unspecified atom stereocenters. The molecule has 0 saturated heterocycles. The SMILES string of the molecule is Cc1ccc(C2CCC(CP(=O)(O)N=O)CC2)cc1. The van der Waals surface area contributed by atoms with Crippen LogP contribution in [0.1, 0.15) is 42.7 Å². The first-order valence-electron chi connectivity index (χ1n) is 6.73. The lowest BCUT2D eigenvalue weighted by molar-refractivity contribution is 0.340. The predicted molar refractivity (Wildman–Crippen MR) is 76.4 cm³/mol. The molecule has 19 heavy (non-hydrogen) atoms. The second-order valence-electron chi connectivity index (χ2n) is 5.56. The van der Waals surface area contributed by atoms with Crippen LogP contribution >= 0.6 is 7.52 Å². The van der Waals surface area contributed by atoms with Crippen LogP contribution < -0.4 is 0 Å². The molecular weight excluding hydrogens is 261 g/mol. The third kappa shape index (κ3) is 3.99. The Labute approximate surface area is 113 Å². The van der Waals surface area contributed by atoms with Gasteiger partial charge in [-0.1, -0.05) is 29.8 Å². The summed E-state index contributed by atoms with van der Waals surface area (Å²) in [6, 6.07) is 8.59. The Hall–Kier alpha value is -0.990. The molecule has 1 atom stereocenters. The van der Waals surface area contributed by atoms with Gasteiger partial charge >= 0.3 is 7.52 Å². The predicted octanol–water partition coefficient (Wildman–Crippen LogP) is 4.22. The number of nitrogens with zero attached hydrogens (tertiary/aromatic N) is 1. The van der Waals surface area contributed by atoms with Crippen molar-refractivity contribution >= 4 is 7.52 Å². The summed E-state index contributed by atoms with van der Waals surface area (Å²) in [5.74, 6) is 0.703. The number of hydrogen-bond acceptors (Lipinski definition) is 2. The molecule has 1 saturated carbocycles. The summed E-state index contributed by atoms with van der Waals surface area (Å²) in [6.07, 6.45) is 3.90. The molecule has 5 heteroatoms. The zero-order valence-electron chi connectivity index (χ0n) is 11.2. The van der Waals surface area contributed by atoms with Crippen LogP contribution in [0.25, 0.3) is 0 Å². The number of rotatable bonds is 4. The van der Waals surface area contributed by atoms with Gasteiger partial charge in [0, 0.05) is 4.95 Å². The van der Waals surface area contributed by atoms with E-state index in [9.17, 15) is 14.4 Å². The Bertz CT molecular complexity index is 478. The Kier molecular flexibility index (Phi) is 4.54. The van der Waals surface area contributed by atoms with Gasteiger partial charge in [0.1, 0.15) is 0 Å². The number of hydrogen-bond donors (Lipinski definition) is 1. The first kappa shape index (κ1) is 14.4. The Morgan fingerprint density at radius 2 is 1.79 bits per heavy atom. The van der Waals surface area contributed by atoms with E-state index in [2.05, 4.69) is 36.1 Å². The molecule has 0 amide bonds. The van der Waals surface area contributed by atoms with Crippen molar-refractivity contribution in [2.45, 2.75) is 38.5 Å². The summed E-state index contributed by atoms with van der Waals surface area (Å²) in [4.78, 5) is 21.9. The monoisotopic (exact) mass is 281 g/mol. The molecule has 0 radical (unpaired) electrons. The van der Waals surface area contributed by atoms with Crippen LogP contribution in [0.5, 0.6) is 0 Å². The number of benzene rings is 1. The zero-order chi connectivity index (χ0) is 13.9. The minimum absolute atomic E-state index is 0.0527. The first-order chi connectivity index (χ1) is 9.00. The molecule has 0 aliphatic heterocycles. The Balaban J connectivity index is 1.90. The van der Waals surface area contributed by atoms with Crippen molar-refractivity contribution in [2.24, 2.45) is 10.9 Å². The van der Waals surface area contributed by atoms with Gasteiger partial charge in [-0.2, -0.15) is 0 Å². The van der Waals surface area contributed by atoms with E-state index in [1.165, 1.54) is 11.1 Å². The van der Waals surface area contributed by atoms with Crippen molar-refractivity contribution in [3.05, 3.63) is 40.3 Å². The molecular formula is C14H20NO3P. The molecule has 0 aromatic heterocycles. The van der Waals surface area contributed by atoms with Gasteiger partial charge in [0.25, 0.3) is 0 Å². The first-order valence-corrected chi connectivity index (χ1v) is 8.53. The fraction of sp³-hybridized carbons (Fsp3) is 0.571. The van der Waals surface area contributed by atoms with Gasteiger partial charge in [-0.3, -0.25) is 4.57 Å². The number of nitroso groups, excluding NO2 is 1. The van der Waals surface area contributed by atoms with Crippen LogP contribution in [0.3, 0.4) is 0 Å². The van der Waals surface area contributed by atoms with E-state index in [0.29, 0.717) is 5.92 Å². The highest BCUT2D eigenvalue weighted by atomic mass is 31.2. The summed E-state index contributed by atoms with van der Waals surface area (Å²) in [5.41, 5.74) is 2.61. The Morgan fingerprint density at radius 3 is 2.32 bits per heavy atom. The van der Waals surface area contributed by atoms with Crippen molar-refractivity contribution in [3.8, 4) is 0 Å². The maximum absolute atomic E-state index is 11.3.